The van der Waals surface area contributed by atoms with Crippen LogP contribution < -0.4 is 9.64 Å². The molecule has 0 aliphatic carbocycles. The SMILES string of the molecule is CCOc1ccc(N(C)C(=O)C(C)C(=O)O)cc1C. The molecule has 1 rings (SSSR count). The van der Waals surface area contributed by atoms with Crippen molar-refractivity contribution in [2.75, 3.05) is 18.6 Å². The molecule has 19 heavy (non-hydrogen) atoms. The summed E-state index contributed by atoms with van der Waals surface area (Å²) in [6.45, 7) is 5.73. The van der Waals surface area contributed by atoms with Crippen molar-refractivity contribution in [1.82, 2.24) is 0 Å². The Kier molecular flexibility index (Phi) is 4.92. The van der Waals surface area contributed by atoms with Crippen LogP contribution in [-0.4, -0.2) is 30.6 Å². The first-order chi connectivity index (χ1) is 8.88. The van der Waals surface area contributed by atoms with Gasteiger partial charge in [0.2, 0.25) is 5.91 Å². The summed E-state index contributed by atoms with van der Waals surface area (Å²) in [5, 5.41) is 8.85. The maximum atomic E-state index is 11.9. The molecule has 1 amide bonds. The molecule has 1 unspecified atom stereocenters. The first kappa shape index (κ1) is 15.0. The van der Waals surface area contributed by atoms with Gasteiger partial charge in [-0.15, -0.1) is 0 Å². The second kappa shape index (κ2) is 6.22. The van der Waals surface area contributed by atoms with E-state index < -0.39 is 17.8 Å². The zero-order valence-electron chi connectivity index (χ0n) is 11.6. The van der Waals surface area contributed by atoms with Crippen LogP contribution in [0.1, 0.15) is 19.4 Å². The van der Waals surface area contributed by atoms with Gasteiger partial charge in [0, 0.05) is 12.7 Å². The number of amides is 1. The lowest BCUT2D eigenvalue weighted by Gasteiger charge is -2.20. The fourth-order valence-corrected chi connectivity index (χ4v) is 1.68. The summed E-state index contributed by atoms with van der Waals surface area (Å²) in [5.41, 5.74) is 1.56. The summed E-state index contributed by atoms with van der Waals surface area (Å²) in [7, 11) is 1.57. The van der Waals surface area contributed by atoms with E-state index in [9.17, 15) is 9.59 Å². The Morgan fingerprint density at radius 2 is 2.05 bits per heavy atom. The standard InChI is InChI=1S/C14H19NO4/c1-5-19-12-7-6-11(8-9(12)2)15(4)13(16)10(3)14(17)18/h6-8,10H,5H2,1-4H3,(H,17,18). The fourth-order valence-electron chi connectivity index (χ4n) is 1.68. The molecule has 0 spiro atoms. The van der Waals surface area contributed by atoms with Gasteiger partial charge in [-0.3, -0.25) is 9.59 Å². The smallest absolute Gasteiger partial charge is 0.315 e. The van der Waals surface area contributed by atoms with Crippen LogP contribution in [0.5, 0.6) is 5.75 Å². The van der Waals surface area contributed by atoms with Crippen molar-refractivity contribution < 1.29 is 19.4 Å². The van der Waals surface area contributed by atoms with Crippen LogP contribution in [0.15, 0.2) is 18.2 Å². The van der Waals surface area contributed by atoms with Gasteiger partial charge in [0.25, 0.3) is 0 Å². The third-order valence-corrected chi connectivity index (χ3v) is 2.92. The van der Waals surface area contributed by atoms with E-state index in [4.69, 9.17) is 9.84 Å². The molecule has 104 valence electrons. The van der Waals surface area contributed by atoms with Gasteiger partial charge in [0.1, 0.15) is 11.7 Å². The topological polar surface area (TPSA) is 66.8 Å². The average Bonchev–Trinajstić information content (AvgIpc) is 2.38. The van der Waals surface area contributed by atoms with Crippen molar-refractivity contribution in [2.24, 2.45) is 5.92 Å². The summed E-state index contributed by atoms with van der Waals surface area (Å²) in [5.74, 6) is -1.87. The highest BCUT2D eigenvalue weighted by Crippen LogP contribution is 2.24. The van der Waals surface area contributed by atoms with E-state index in [1.807, 2.05) is 13.8 Å². The highest BCUT2D eigenvalue weighted by Gasteiger charge is 2.24. The van der Waals surface area contributed by atoms with Crippen LogP contribution in [0.25, 0.3) is 0 Å². The quantitative estimate of drug-likeness (QED) is 0.828. The highest BCUT2D eigenvalue weighted by molar-refractivity contribution is 6.05. The molecule has 1 N–H and O–H groups in total. The number of carbonyl (C=O) groups excluding carboxylic acids is 1. The van der Waals surface area contributed by atoms with Gasteiger partial charge in [-0.25, -0.2) is 0 Å². The van der Waals surface area contributed by atoms with Crippen LogP contribution in [0.3, 0.4) is 0 Å². The molecule has 0 aliphatic rings. The largest absolute Gasteiger partial charge is 0.494 e. The number of aliphatic carboxylic acids is 1. The molecule has 5 nitrogen and oxygen atoms in total. The van der Waals surface area contributed by atoms with Crippen molar-refractivity contribution >= 4 is 17.6 Å². The van der Waals surface area contributed by atoms with Gasteiger partial charge in [0.05, 0.1) is 6.61 Å². The molecule has 1 aromatic carbocycles. The zero-order chi connectivity index (χ0) is 14.6. The molecule has 0 aliphatic heterocycles. The normalized spacial score (nSPS) is 11.8. The third-order valence-electron chi connectivity index (χ3n) is 2.92. The van der Waals surface area contributed by atoms with E-state index in [-0.39, 0.29) is 0 Å². The number of hydrogen-bond donors (Lipinski definition) is 1. The zero-order valence-corrected chi connectivity index (χ0v) is 11.6. The van der Waals surface area contributed by atoms with Crippen LogP contribution >= 0.6 is 0 Å². The maximum absolute atomic E-state index is 11.9. The Hall–Kier alpha value is -2.04. The predicted octanol–water partition coefficient (Wildman–Crippen LogP) is 2.08. The second-order valence-electron chi connectivity index (χ2n) is 4.34. The van der Waals surface area contributed by atoms with Crippen LogP contribution in [0.2, 0.25) is 0 Å². The molecule has 1 aromatic rings. The number of aryl methyl sites for hydroxylation is 1. The Balaban J connectivity index is 2.94. The second-order valence-corrected chi connectivity index (χ2v) is 4.34. The van der Waals surface area contributed by atoms with Crippen molar-refractivity contribution in [2.45, 2.75) is 20.8 Å². The number of carboxylic acid groups (broad SMARTS) is 1. The van der Waals surface area contributed by atoms with E-state index >= 15 is 0 Å². The number of nitrogens with zero attached hydrogens (tertiary/aromatic N) is 1. The first-order valence-electron chi connectivity index (χ1n) is 6.12. The number of benzene rings is 1. The molecular formula is C14H19NO4. The summed E-state index contributed by atoms with van der Waals surface area (Å²) >= 11 is 0. The average molecular weight is 265 g/mol. The van der Waals surface area contributed by atoms with E-state index in [1.54, 1.807) is 25.2 Å². The van der Waals surface area contributed by atoms with Gasteiger partial charge in [-0.2, -0.15) is 0 Å². The van der Waals surface area contributed by atoms with Gasteiger partial charge in [-0.05, 0) is 44.5 Å². The number of carboxylic acids is 1. The van der Waals surface area contributed by atoms with E-state index in [0.717, 1.165) is 11.3 Å². The van der Waals surface area contributed by atoms with E-state index in [2.05, 4.69) is 0 Å². The van der Waals surface area contributed by atoms with E-state index in [0.29, 0.717) is 12.3 Å². The molecule has 0 radical (unpaired) electrons. The van der Waals surface area contributed by atoms with Crippen molar-refractivity contribution in [3.63, 3.8) is 0 Å². The number of hydrogen-bond acceptors (Lipinski definition) is 3. The van der Waals surface area contributed by atoms with Gasteiger partial charge in [-0.1, -0.05) is 0 Å². The monoisotopic (exact) mass is 265 g/mol. The van der Waals surface area contributed by atoms with Gasteiger partial charge < -0.3 is 14.7 Å². The van der Waals surface area contributed by atoms with Crippen LogP contribution in [0.4, 0.5) is 5.69 Å². The summed E-state index contributed by atoms with van der Waals surface area (Å²) < 4.78 is 5.42. The number of rotatable bonds is 5. The fraction of sp³-hybridized carbons (Fsp3) is 0.429. The van der Waals surface area contributed by atoms with Crippen molar-refractivity contribution in [1.29, 1.82) is 0 Å². The maximum Gasteiger partial charge on any atom is 0.315 e. The van der Waals surface area contributed by atoms with Crippen molar-refractivity contribution in [3.8, 4) is 5.75 Å². The molecule has 1 atom stereocenters. The lowest BCUT2D eigenvalue weighted by atomic mass is 10.1. The molecule has 0 bridgehead atoms. The molecule has 0 fully saturated rings. The highest BCUT2D eigenvalue weighted by atomic mass is 16.5. The number of anilines is 1. The Morgan fingerprint density at radius 3 is 2.53 bits per heavy atom. The molecular weight excluding hydrogens is 246 g/mol. The number of ether oxygens (including phenoxy) is 1. The minimum atomic E-state index is -1.13. The summed E-state index contributed by atoms with van der Waals surface area (Å²) in [6, 6.07) is 5.32. The Bertz CT molecular complexity index is 484. The Labute approximate surface area is 112 Å². The Morgan fingerprint density at radius 1 is 1.42 bits per heavy atom. The third kappa shape index (κ3) is 3.47. The molecule has 0 saturated heterocycles. The summed E-state index contributed by atoms with van der Waals surface area (Å²) in [6.07, 6.45) is 0. The van der Waals surface area contributed by atoms with Crippen LogP contribution in [0, 0.1) is 12.8 Å². The minimum Gasteiger partial charge on any atom is -0.494 e. The molecule has 0 heterocycles. The van der Waals surface area contributed by atoms with Crippen LogP contribution in [-0.2, 0) is 9.59 Å². The molecule has 5 heteroatoms. The van der Waals surface area contributed by atoms with E-state index in [1.165, 1.54) is 11.8 Å². The predicted molar refractivity (Wildman–Crippen MR) is 72.6 cm³/mol. The number of carbonyl (C=O) groups is 2. The lowest BCUT2D eigenvalue weighted by Crippen LogP contribution is -2.35. The van der Waals surface area contributed by atoms with Gasteiger partial charge >= 0.3 is 5.97 Å². The van der Waals surface area contributed by atoms with Gasteiger partial charge in [0.15, 0.2) is 0 Å². The molecule has 0 saturated carbocycles. The summed E-state index contributed by atoms with van der Waals surface area (Å²) in [4.78, 5) is 24.1. The molecule has 0 aromatic heterocycles. The first-order valence-corrected chi connectivity index (χ1v) is 6.12. The minimum absolute atomic E-state index is 0.448. The lowest BCUT2D eigenvalue weighted by molar-refractivity contribution is -0.145. The van der Waals surface area contributed by atoms with Crippen molar-refractivity contribution in [3.05, 3.63) is 23.8 Å².